The van der Waals surface area contributed by atoms with Gasteiger partial charge in [0.15, 0.2) is 0 Å². The van der Waals surface area contributed by atoms with Gasteiger partial charge in [0.25, 0.3) is 0 Å². The van der Waals surface area contributed by atoms with Gasteiger partial charge in [0, 0.05) is 0 Å². The summed E-state index contributed by atoms with van der Waals surface area (Å²) in [6.45, 7) is 2.42. The van der Waals surface area contributed by atoms with Gasteiger partial charge in [-0.2, -0.15) is 0 Å². The lowest BCUT2D eigenvalue weighted by molar-refractivity contribution is 0.0686. The Morgan fingerprint density at radius 1 is 1.39 bits per heavy atom. The van der Waals surface area contributed by atoms with Crippen LogP contribution >= 0.6 is 0 Å². The number of aromatic carboxylic acids is 1. The topological polar surface area (TPSA) is 77.2 Å². The molecule has 18 heavy (non-hydrogen) atoms. The molecule has 0 atom stereocenters. The number of ether oxygens (including phenoxy) is 1. The Hall–Kier alpha value is -2.37. The molecule has 2 rings (SSSR count). The number of hydrogen-bond donors (Lipinski definition) is 1. The Bertz CT molecular complexity index is 560. The molecule has 6 nitrogen and oxygen atoms in total. The van der Waals surface area contributed by atoms with Gasteiger partial charge in [-0.25, -0.2) is 9.48 Å². The van der Waals surface area contributed by atoms with Crippen molar-refractivity contribution in [3.63, 3.8) is 0 Å². The summed E-state index contributed by atoms with van der Waals surface area (Å²) in [7, 11) is 1.40. The summed E-state index contributed by atoms with van der Waals surface area (Å²) >= 11 is 0. The van der Waals surface area contributed by atoms with E-state index in [1.807, 2.05) is 31.2 Å². The zero-order chi connectivity index (χ0) is 13.1. The van der Waals surface area contributed by atoms with Gasteiger partial charge < -0.3 is 9.84 Å². The molecule has 6 heteroatoms. The predicted molar refractivity (Wildman–Crippen MR) is 63.8 cm³/mol. The highest BCUT2D eigenvalue weighted by Gasteiger charge is 2.19. The Kier molecular flexibility index (Phi) is 3.27. The molecule has 1 heterocycles. The van der Waals surface area contributed by atoms with Gasteiger partial charge in [-0.05, 0) is 12.5 Å². The van der Waals surface area contributed by atoms with Crippen LogP contribution in [-0.4, -0.2) is 33.2 Å². The zero-order valence-corrected chi connectivity index (χ0v) is 10.1. The molecule has 1 N–H and O–H groups in total. The first-order valence-electron chi connectivity index (χ1n) is 5.38. The first kappa shape index (κ1) is 12.1. The molecule has 0 bridgehead atoms. The summed E-state index contributed by atoms with van der Waals surface area (Å²) in [5.41, 5.74) is 1.99. The van der Waals surface area contributed by atoms with Crippen LogP contribution in [0.2, 0.25) is 0 Å². The lowest BCUT2D eigenvalue weighted by Gasteiger charge is -2.05. The van der Waals surface area contributed by atoms with E-state index in [0.29, 0.717) is 6.54 Å². The van der Waals surface area contributed by atoms with Gasteiger partial charge in [-0.15, -0.1) is 5.10 Å². The van der Waals surface area contributed by atoms with Crippen LogP contribution in [-0.2, 0) is 6.54 Å². The van der Waals surface area contributed by atoms with Crippen molar-refractivity contribution in [2.45, 2.75) is 13.5 Å². The van der Waals surface area contributed by atoms with Crippen LogP contribution < -0.4 is 4.74 Å². The van der Waals surface area contributed by atoms with E-state index in [-0.39, 0.29) is 11.6 Å². The molecule has 0 unspecified atom stereocenters. The third-order valence-corrected chi connectivity index (χ3v) is 2.54. The fourth-order valence-electron chi connectivity index (χ4n) is 1.61. The monoisotopic (exact) mass is 247 g/mol. The van der Waals surface area contributed by atoms with E-state index in [1.165, 1.54) is 11.8 Å². The van der Waals surface area contributed by atoms with Gasteiger partial charge in [0.05, 0.1) is 13.7 Å². The Balaban J connectivity index is 2.29. The second-order valence-corrected chi connectivity index (χ2v) is 3.90. The lowest BCUT2D eigenvalue weighted by Crippen LogP contribution is -2.06. The Morgan fingerprint density at radius 3 is 2.61 bits per heavy atom. The Labute approximate surface area is 104 Å². The third kappa shape index (κ3) is 2.32. The number of benzene rings is 1. The number of aryl methyl sites for hydroxylation is 1. The number of carboxylic acids is 1. The molecule has 0 fully saturated rings. The van der Waals surface area contributed by atoms with Crippen molar-refractivity contribution in [2.75, 3.05) is 7.11 Å². The minimum Gasteiger partial charge on any atom is -0.479 e. The molecule has 1 aromatic heterocycles. The van der Waals surface area contributed by atoms with E-state index in [1.54, 1.807) is 0 Å². The quantitative estimate of drug-likeness (QED) is 0.882. The largest absolute Gasteiger partial charge is 0.479 e. The van der Waals surface area contributed by atoms with Gasteiger partial charge in [-0.3, -0.25) is 0 Å². The van der Waals surface area contributed by atoms with E-state index in [9.17, 15) is 4.79 Å². The average molecular weight is 247 g/mol. The molecule has 0 radical (unpaired) electrons. The third-order valence-electron chi connectivity index (χ3n) is 2.54. The first-order chi connectivity index (χ1) is 8.61. The van der Waals surface area contributed by atoms with Crippen LogP contribution in [0.25, 0.3) is 0 Å². The van der Waals surface area contributed by atoms with Crippen LogP contribution in [0.15, 0.2) is 24.3 Å². The number of nitrogens with zero attached hydrogens (tertiary/aromatic N) is 3. The summed E-state index contributed by atoms with van der Waals surface area (Å²) in [6, 6.07) is 7.88. The molecule has 94 valence electrons. The molecule has 0 saturated carbocycles. The van der Waals surface area contributed by atoms with Crippen LogP contribution in [0.1, 0.15) is 21.6 Å². The molecule has 0 spiro atoms. The Morgan fingerprint density at radius 2 is 2.06 bits per heavy atom. The van der Waals surface area contributed by atoms with Gasteiger partial charge >= 0.3 is 5.97 Å². The maximum atomic E-state index is 10.9. The minimum absolute atomic E-state index is 0.156. The molecule has 1 aromatic carbocycles. The van der Waals surface area contributed by atoms with Gasteiger partial charge in [-0.1, -0.05) is 35.0 Å². The number of rotatable bonds is 4. The maximum Gasteiger partial charge on any atom is 0.362 e. The van der Waals surface area contributed by atoms with Gasteiger partial charge in [0.1, 0.15) is 0 Å². The van der Waals surface area contributed by atoms with E-state index in [4.69, 9.17) is 9.84 Å². The van der Waals surface area contributed by atoms with Crippen molar-refractivity contribution < 1.29 is 14.6 Å². The number of carboxylic acid groups (broad SMARTS) is 1. The summed E-state index contributed by atoms with van der Waals surface area (Å²) in [6.07, 6.45) is 0. The second kappa shape index (κ2) is 4.87. The normalized spacial score (nSPS) is 10.3. The predicted octanol–water partition coefficient (Wildman–Crippen LogP) is 1.34. The average Bonchev–Trinajstić information content (AvgIpc) is 2.75. The lowest BCUT2D eigenvalue weighted by atomic mass is 10.1. The van der Waals surface area contributed by atoms with Crippen molar-refractivity contribution in [3.05, 3.63) is 41.1 Å². The molecular formula is C12H13N3O3. The van der Waals surface area contributed by atoms with Gasteiger partial charge in [0.2, 0.25) is 11.6 Å². The first-order valence-corrected chi connectivity index (χ1v) is 5.38. The summed E-state index contributed by atoms with van der Waals surface area (Å²) in [4.78, 5) is 10.9. The van der Waals surface area contributed by atoms with Crippen molar-refractivity contribution in [3.8, 4) is 5.88 Å². The summed E-state index contributed by atoms with van der Waals surface area (Å²) in [5, 5.41) is 16.3. The van der Waals surface area contributed by atoms with Crippen LogP contribution in [0, 0.1) is 6.92 Å². The molecule has 0 aliphatic rings. The van der Waals surface area contributed by atoms with Crippen molar-refractivity contribution in [1.29, 1.82) is 0 Å². The highest BCUT2D eigenvalue weighted by molar-refractivity contribution is 5.87. The number of carbonyl (C=O) groups is 1. The molecule has 0 aliphatic carbocycles. The highest BCUT2D eigenvalue weighted by atomic mass is 16.5. The van der Waals surface area contributed by atoms with E-state index < -0.39 is 5.97 Å². The zero-order valence-electron chi connectivity index (χ0n) is 10.1. The smallest absolute Gasteiger partial charge is 0.362 e. The van der Waals surface area contributed by atoms with Crippen molar-refractivity contribution >= 4 is 5.97 Å². The SMILES string of the molecule is COc1c(C(=O)O)nnn1Cc1ccc(C)cc1. The molecule has 2 aromatic rings. The number of hydrogen-bond acceptors (Lipinski definition) is 4. The number of aromatic nitrogens is 3. The summed E-state index contributed by atoms with van der Waals surface area (Å²) in [5.74, 6) is -0.995. The minimum atomic E-state index is -1.15. The molecule has 0 amide bonds. The number of methoxy groups -OCH3 is 1. The van der Waals surface area contributed by atoms with Crippen molar-refractivity contribution in [2.24, 2.45) is 0 Å². The fraction of sp³-hybridized carbons (Fsp3) is 0.250. The standard InChI is InChI=1S/C12H13N3O3/c1-8-3-5-9(6-4-8)7-15-11(18-2)10(12(16)17)13-14-15/h3-6H,7H2,1-2H3,(H,16,17). The van der Waals surface area contributed by atoms with E-state index >= 15 is 0 Å². The van der Waals surface area contributed by atoms with Crippen molar-refractivity contribution in [1.82, 2.24) is 15.0 Å². The van der Waals surface area contributed by atoms with Crippen LogP contribution in [0.4, 0.5) is 0 Å². The summed E-state index contributed by atoms with van der Waals surface area (Å²) < 4.78 is 6.46. The van der Waals surface area contributed by atoms with E-state index in [0.717, 1.165) is 11.1 Å². The molecular weight excluding hydrogens is 234 g/mol. The second-order valence-electron chi connectivity index (χ2n) is 3.90. The van der Waals surface area contributed by atoms with Crippen LogP contribution in [0.5, 0.6) is 5.88 Å². The van der Waals surface area contributed by atoms with E-state index in [2.05, 4.69) is 10.3 Å². The van der Waals surface area contributed by atoms with Crippen LogP contribution in [0.3, 0.4) is 0 Å². The molecule has 0 aliphatic heterocycles. The highest BCUT2D eigenvalue weighted by Crippen LogP contribution is 2.16. The maximum absolute atomic E-state index is 10.9. The molecule has 0 saturated heterocycles. The fourth-order valence-corrected chi connectivity index (χ4v) is 1.61.